The lowest BCUT2D eigenvalue weighted by molar-refractivity contribution is -0.128. The summed E-state index contributed by atoms with van der Waals surface area (Å²) in [5.74, 6) is 2.10. The van der Waals surface area contributed by atoms with Crippen LogP contribution in [0.4, 0.5) is 0 Å². The lowest BCUT2D eigenvalue weighted by Crippen LogP contribution is -2.44. The number of methoxy groups -OCH3 is 1. The first kappa shape index (κ1) is 21.0. The number of hydrogen-bond donors (Lipinski definition) is 1. The van der Waals surface area contributed by atoms with Gasteiger partial charge in [0.05, 0.1) is 13.2 Å². The van der Waals surface area contributed by atoms with Gasteiger partial charge in [-0.1, -0.05) is 6.07 Å². The van der Waals surface area contributed by atoms with Crippen molar-refractivity contribution in [3.63, 3.8) is 0 Å². The number of carbonyl (C=O) groups is 1. The molecule has 1 N–H and O–H groups in total. The van der Waals surface area contributed by atoms with E-state index >= 15 is 0 Å². The molecule has 0 saturated carbocycles. The number of hydrogen-bond acceptors (Lipinski definition) is 4. The van der Waals surface area contributed by atoms with Crippen molar-refractivity contribution < 1.29 is 19.0 Å². The van der Waals surface area contributed by atoms with Gasteiger partial charge in [0, 0.05) is 12.0 Å². The highest BCUT2D eigenvalue weighted by Crippen LogP contribution is 2.41. The van der Waals surface area contributed by atoms with E-state index in [0.29, 0.717) is 6.42 Å². The molecule has 156 valence electrons. The smallest absolute Gasteiger partial charge is 0.261 e. The van der Waals surface area contributed by atoms with Crippen molar-refractivity contribution in [3.8, 4) is 17.2 Å². The zero-order valence-corrected chi connectivity index (χ0v) is 18.4. The van der Waals surface area contributed by atoms with Crippen molar-refractivity contribution in [3.05, 3.63) is 52.6 Å². The second-order valence-corrected chi connectivity index (χ2v) is 8.50. The second-order valence-electron chi connectivity index (χ2n) is 8.50. The summed E-state index contributed by atoms with van der Waals surface area (Å²) in [4.78, 5) is 13.0. The summed E-state index contributed by atoms with van der Waals surface area (Å²) in [5.41, 5.74) is 3.86. The molecular weight excluding hydrogens is 366 g/mol. The zero-order valence-electron chi connectivity index (χ0n) is 18.4. The summed E-state index contributed by atoms with van der Waals surface area (Å²) in [6, 6.07) is 9.60. The largest absolute Gasteiger partial charge is 0.497 e. The van der Waals surface area contributed by atoms with Crippen LogP contribution in [0.2, 0.25) is 0 Å². The number of nitrogens with one attached hydrogen (secondary N) is 1. The average molecular weight is 398 g/mol. The summed E-state index contributed by atoms with van der Waals surface area (Å²) < 4.78 is 17.5. The first-order valence-corrected chi connectivity index (χ1v) is 10.0. The van der Waals surface area contributed by atoms with Crippen LogP contribution >= 0.6 is 0 Å². The Labute approximate surface area is 173 Å². The van der Waals surface area contributed by atoms with Crippen molar-refractivity contribution in [2.45, 2.75) is 65.7 Å². The Kier molecular flexibility index (Phi) is 5.78. The molecule has 2 atom stereocenters. The van der Waals surface area contributed by atoms with E-state index in [0.717, 1.165) is 39.5 Å². The van der Waals surface area contributed by atoms with Gasteiger partial charge >= 0.3 is 0 Å². The highest BCUT2D eigenvalue weighted by molar-refractivity contribution is 5.81. The maximum atomic E-state index is 13.0. The van der Waals surface area contributed by atoms with Gasteiger partial charge in [-0.2, -0.15) is 0 Å². The number of fused-ring (bicyclic) bond motifs is 1. The van der Waals surface area contributed by atoms with Crippen LogP contribution in [0.5, 0.6) is 17.2 Å². The summed E-state index contributed by atoms with van der Waals surface area (Å²) in [7, 11) is 1.63. The van der Waals surface area contributed by atoms with E-state index in [1.54, 1.807) is 14.0 Å². The van der Waals surface area contributed by atoms with Crippen molar-refractivity contribution in [2.75, 3.05) is 7.11 Å². The van der Waals surface area contributed by atoms with Crippen LogP contribution in [0, 0.1) is 20.8 Å². The number of benzene rings is 2. The molecule has 3 rings (SSSR count). The molecule has 0 unspecified atom stereocenters. The van der Waals surface area contributed by atoms with Gasteiger partial charge in [-0.05, 0) is 82.5 Å². The number of ether oxygens (including phenoxy) is 3. The minimum atomic E-state index is -0.616. The summed E-state index contributed by atoms with van der Waals surface area (Å²) in [5, 5.41) is 3.15. The van der Waals surface area contributed by atoms with Crippen molar-refractivity contribution in [1.82, 2.24) is 5.32 Å². The Morgan fingerprint density at radius 2 is 1.93 bits per heavy atom. The van der Waals surface area contributed by atoms with E-state index < -0.39 is 6.10 Å². The van der Waals surface area contributed by atoms with E-state index in [1.165, 1.54) is 0 Å². The van der Waals surface area contributed by atoms with Crippen LogP contribution in [-0.4, -0.2) is 24.7 Å². The van der Waals surface area contributed by atoms with E-state index in [9.17, 15) is 4.79 Å². The van der Waals surface area contributed by atoms with Crippen molar-refractivity contribution in [1.29, 1.82) is 0 Å². The standard InChI is InChI=1S/C24H31NO4/c1-14-10-15(2)16(3)22(11-14)28-17(4)23(26)25-20-13-24(5,6)29-21-9-8-18(27-7)12-19(20)21/h8-12,17,20H,13H2,1-7H3,(H,25,26)/t17-,20+/m0/s1. The molecule has 2 aromatic carbocycles. The lowest BCUT2D eigenvalue weighted by atomic mass is 9.89. The molecule has 1 heterocycles. The van der Waals surface area contributed by atoms with Crippen LogP contribution in [0.1, 0.15) is 55.5 Å². The molecule has 1 aliphatic heterocycles. The number of rotatable bonds is 5. The fraction of sp³-hybridized carbons (Fsp3) is 0.458. The molecule has 5 heteroatoms. The fourth-order valence-corrected chi connectivity index (χ4v) is 3.74. The Hall–Kier alpha value is -2.69. The van der Waals surface area contributed by atoms with Gasteiger partial charge in [-0.3, -0.25) is 4.79 Å². The van der Waals surface area contributed by atoms with Gasteiger partial charge in [0.2, 0.25) is 0 Å². The maximum Gasteiger partial charge on any atom is 0.261 e. The first-order chi connectivity index (χ1) is 13.6. The minimum Gasteiger partial charge on any atom is -0.497 e. The lowest BCUT2D eigenvalue weighted by Gasteiger charge is -2.38. The molecule has 5 nitrogen and oxygen atoms in total. The van der Waals surface area contributed by atoms with Gasteiger partial charge < -0.3 is 19.5 Å². The van der Waals surface area contributed by atoms with Crippen LogP contribution in [0.15, 0.2) is 30.3 Å². The number of amides is 1. The second kappa shape index (κ2) is 7.97. The Bertz CT molecular complexity index is 919. The van der Waals surface area contributed by atoms with Gasteiger partial charge in [0.15, 0.2) is 6.10 Å². The molecule has 29 heavy (non-hydrogen) atoms. The molecule has 0 radical (unpaired) electrons. The highest BCUT2D eigenvalue weighted by Gasteiger charge is 2.35. The first-order valence-electron chi connectivity index (χ1n) is 10.0. The molecule has 0 fully saturated rings. The SMILES string of the molecule is COc1ccc2c(c1)[C@H](NC(=O)[C@H](C)Oc1cc(C)cc(C)c1C)CC(C)(C)O2. The van der Waals surface area contributed by atoms with Crippen LogP contribution < -0.4 is 19.5 Å². The van der Waals surface area contributed by atoms with Crippen molar-refractivity contribution >= 4 is 5.91 Å². The average Bonchev–Trinajstić information content (AvgIpc) is 2.64. The molecular formula is C24H31NO4. The number of aryl methyl sites for hydroxylation is 2. The Morgan fingerprint density at radius 3 is 2.62 bits per heavy atom. The van der Waals surface area contributed by atoms with E-state index in [4.69, 9.17) is 14.2 Å². The monoisotopic (exact) mass is 397 g/mol. The molecule has 0 spiro atoms. The van der Waals surface area contributed by atoms with Gasteiger partial charge in [-0.15, -0.1) is 0 Å². The maximum absolute atomic E-state index is 13.0. The highest BCUT2D eigenvalue weighted by atomic mass is 16.5. The summed E-state index contributed by atoms with van der Waals surface area (Å²) in [6.45, 7) is 11.9. The number of carbonyl (C=O) groups excluding carboxylic acids is 1. The van der Waals surface area contributed by atoms with Gasteiger partial charge in [0.25, 0.3) is 5.91 Å². The summed E-state index contributed by atoms with van der Waals surface area (Å²) in [6.07, 6.45) is 0.0451. The van der Waals surface area contributed by atoms with Crippen LogP contribution in [-0.2, 0) is 4.79 Å². The molecule has 0 aromatic heterocycles. The third kappa shape index (κ3) is 4.66. The molecule has 2 aromatic rings. The van der Waals surface area contributed by atoms with Gasteiger partial charge in [0.1, 0.15) is 22.8 Å². The Balaban J connectivity index is 1.79. The van der Waals surface area contributed by atoms with E-state index in [1.807, 2.05) is 58.9 Å². The van der Waals surface area contributed by atoms with Crippen molar-refractivity contribution in [2.24, 2.45) is 0 Å². The predicted octanol–water partition coefficient (Wildman–Crippen LogP) is 4.81. The van der Waals surface area contributed by atoms with Gasteiger partial charge in [-0.25, -0.2) is 0 Å². The molecule has 0 saturated heterocycles. The topological polar surface area (TPSA) is 56.8 Å². The van der Waals surface area contributed by atoms with E-state index in [-0.39, 0.29) is 17.6 Å². The van der Waals surface area contributed by atoms with Crippen LogP contribution in [0.3, 0.4) is 0 Å². The fourth-order valence-electron chi connectivity index (χ4n) is 3.74. The molecule has 1 amide bonds. The normalized spacial score (nSPS) is 18.2. The quantitative estimate of drug-likeness (QED) is 0.787. The Morgan fingerprint density at radius 1 is 1.21 bits per heavy atom. The van der Waals surface area contributed by atoms with Crippen LogP contribution in [0.25, 0.3) is 0 Å². The summed E-state index contributed by atoms with van der Waals surface area (Å²) >= 11 is 0. The zero-order chi connectivity index (χ0) is 21.3. The minimum absolute atomic E-state index is 0.153. The predicted molar refractivity (Wildman–Crippen MR) is 114 cm³/mol. The molecule has 0 aliphatic carbocycles. The molecule has 1 aliphatic rings. The van der Waals surface area contributed by atoms with E-state index in [2.05, 4.69) is 11.4 Å². The molecule has 0 bridgehead atoms. The third-order valence-corrected chi connectivity index (χ3v) is 5.43. The third-order valence-electron chi connectivity index (χ3n) is 5.43.